The number of ether oxygens (including phenoxy) is 2. The Bertz CT molecular complexity index is 613. The summed E-state index contributed by atoms with van der Waals surface area (Å²) in [5.74, 6) is 0.760. The van der Waals surface area contributed by atoms with Crippen LogP contribution in [0.15, 0.2) is 74.2 Å². The average Bonchev–Trinajstić information content (AvgIpc) is 2.63. The van der Waals surface area contributed by atoms with Crippen molar-refractivity contribution in [2.24, 2.45) is 0 Å². The van der Waals surface area contributed by atoms with E-state index in [9.17, 15) is 0 Å². The highest BCUT2D eigenvalue weighted by Gasteiger charge is 2.23. The van der Waals surface area contributed by atoms with Crippen LogP contribution in [0, 0.1) is 0 Å². The molecule has 0 bridgehead atoms. The maximum absolute atomic E-state index is 5.46. The minimum absolute atomic E-state index is 0.132. The second-order valence-corrected chi connectivity index (χ2v) is 5.97. The number of benzene rings is 2. The summed E-state index contributed by atoms with van der Waals surface area (Å²) in [4.78, 5) is 9.67. The van der Waals surface area contributed by atoms with E-state index in [0.717, 1.165) is 11.3 Å². The number of hydrogen-bond donors (Lipinski definition) is 0. The van der Waals surface area contributed by atoms with Gasteiger partial charge in [0.05, 0.1) is 6.26 Å². The molecule has 25 heavy (non-hydrogen) atoms. The predicted molar refractivity (Wildman–Crippen MR) is 97.9 cm³/mol. The van der Waals surface area contributed by atoms with Gasteiger partial charge in [-0.05, 0) is 28.8 Å². The van der Waals surface area contributed by atoms with E-state index in [4.69, 9.17) is 14.4 Å². The van der Waals surface area contributed by atoms with E-state index in [2.05, 4.69) is 56.2 Å². The third-order valence-corrected chi connectivity index (χ3v) is 4.02. The van der Waals surface area contributed by atoms with Gasteiger partial charge in [-0.15, -0.1) is 0 Å². The maximum Gasteiger partial charge on any atom is 0.229 e. The zero-order chi connectivity index (χ0) is 18.1. The molecule has 2 rings (SSSR count). The van der Waals surface area contributed by atoms with Crippen LogP contribution in [-0.4, -0.2) is 6.79 Å². The lowest BCUT2D eigenvalue weighted by Gasteiger charge is -2.26. The fraction of sp³-hybridized carbons (Fsp3) is 0.238. The number of hydrogen-bond acceptors (Lipinski definition) is 4. The van der Waals surface area contributed by atoms with Crippen LogP contribution in [0.5, 0.6) is 5.75 Å². The first-order chi connectivity index (χ1) is 12.1. The molecule has 0 heterocycles. The van der Waals surface area contributed by atoms with Crippen molar-refractivity contribution in [1.29, 1.82) is 0 Å². The van der Waals surface area contributed by atoms with Gasteiger partial charge in [-0.25, -0.2) is 0 Å². The van der Waals surface area contributed by atoms with Crippen LogP contribution in [0.3, 0.4) is 0 Å². The summed E-state index contributed by atoms with van der Waals surface area (Å²) < 4.78 is 10.4. The molecule has 0 spiro atoms. The van der Waals surface area contributed by atoms with Gasteiger partial charge in [-0.2, -0.15) is 4.89 Å². The summed E-state index contributed by atoms with van der Waals surface area (Å²) in [6, 6.07) is 16.3. The molecule has 0 fully saturated rings. The van der Waals surface area contributed by atoms with Crippen molar-refractivity contribution < 1.29 is 19.2 Å². The van der Waals surface area contributed by atoms with Gasteiger partial charge in [0.25, 0.3) is 0 Å². The third-order valence-electron chi connectivity index (χ3n) is 4.02. The van der Waals surface area contributed by atoms with E-state index < -0.39 is 0 Å². The molecule has 0 aliphatic rings. The van der Waals surface area contributed by atoms with Gasteiger partial charge in [-0.1, -0.05) is 63.4 Å². The van der Waals surface area contributed by atoms with E-state index in [1.165, 1.54) is 23.7 Å². The summed E-state index contributed by atoms with van der Waals surface area (Å²) in [5, 5.41) is 0. The molecule has 0 aliphatic heterocycles. The Morgan fingerprint density at radius 3 is 2.04 bits per heavy atom. The molecular weight excluding hydrogens is 316 g/mol. The first-order valence-corrected chi connectivity index (χ1v) is 8.02. The second-order valence-electron chi connectivity index (χ2n) is 5.97. The average molecular weight is 340 g/mol. The topological polar surface area (TPSA) is 36.9 Å². The molecule has 0 N–H and O–H groups in total. The molecule has 4 heteroatoms. The van der Waals surface area contributed by atoms with E-state index in [1.807, 2.05) is 24.3 Å². The van der Waals surface area contributed by atoms with Crippen LogP contribution in [0.2, 0.25) is 0 Å². The molecule has 0 aromatic heterocycles. The lowest BCUT2D eigenvalue weighted by Crippen LogP contribution is -2.18. The first kappa shape index (κ1) is 18.6. The molecule has 0 radical (unpaired) electrons. The van der Waals surface area contributed by atoms with Crippen molar-refractivity contribution in [2.45, 2.75) is 25.9 Å². The van der Waals surface area contributed by atoms with E-state index >= 15 is 0 Å². The SMILES string of the molecule is C=COCOc1ccc(C(C)(C)c2ccc(COOC=C)cc2)cc1. The van der Waals surface area contributed by atoms with E-state index in [1.54, 1.807) is 0 Å². The Morgan fingerprint density at radius 1 is 0.880 bits per heavy atom. The van der Waals surface area contributed by atoms with Crippen molar-refractivity contribution in [1.82, 2.24) is 0 Å². The fourth-order valence-corrected chi connectivity index (χ4v) is 2.45. The van der Waals surface area contributed by atoms with Gasteiger partial charge in [0.15, 0.2) is 0 Å². The minimum Gasteiger partial charge on any atom is -0.466 e. The monoisotopic (exact) mass is 340 g/mol. The Hall–Kier alpha value is -2.72. The lowest BCUT2D eigenvalue weighted by atomic mass is 9.78. The van der Waals surface area contributed by atoms with Crippen LogP contribution in [0.1, 0.15) is 30.5 Å². The highest BCUT2D eigenvalue weighted by atomic mass is 17.2. The smallest absolute Gasteiger partial charge is 0.229 e. The molecule has 0 saturated carbocycles. The standard InChI is InChI=1S/C21H24O4/c1-5-22-16-23-20-13-11-19(12-14-20)21(3,4)18-9-7-17(8-10-18)15-25-24-6-2/h5-14H,1-2,15-16H2,3-4H3. The normalized spacial score (nSPS) is 10.8. The third kappa shape index (κ3) is 5.13. The minimum atomic E-state index is -0.132. The van der Waals surface area contributed by atoms with Crippen molar-refractivity contribution in [2.75, 3.05) is 6.79 Å². The summed E-state index contributed by atoms with van der Waals surface area (Å²) in [5.41, 5.74) is 3.31. The Balaban J connectivity index is 2.06. The quantitative estimate of drug-likeness (QED) is 0.198. The summed E-state index contributed by atoms with van der Waals surface area (Å²) in [7, 11) is 0. The zero-order valence-corrected chi connectivity index (χ0v) is 14.7. The van der Waals surface area contributed by atoms with Gasteiger partial charge >= 0.3 is 0 Å². The van der Waals surface area contributed by atoms with Crippen molar-refractivity contribution in [3.8, 4) is 5.75 Å². The van der Waals surface area contributed by atoms with E-state index in [0.29, 0.717) is 6.61 Å². The molecule has 0 unspecified atom stereocenters. The van der Waals surface area contributed by atoms with Crippen LogP contribution >= 0.6 is 0 Å². The Morgan fingerprint density at radius 2 is 1.48 bits per heavy atom. The number of rotatable bonds is 10. The molecule has 2 aromatic carbocycles. The lowest BCUT2D eigenvalue weighted by molar-refractivity contribution is -0.258. The van der Waals surface area contributed by atoms with Crippen LogP contribution < -0.4 is 4.74 Å². The van der Waals surface area contributed by atoms with Gasteiger partial charge in [0, 0.05) is 5.41 Å². The van der Waals surface area contributed by atoms with Crippen molar-refractivity contribution in [3.05, 3.63) is 90.9 Å². The second kappa shape index (κ2) is 8.94. The van der Waals surface area contributed by atoms with Crippen LogP contribution in [0.4, 0.5) is 0 Å². The van der Waals surface area contributed by atoms with E-state index in [-0.39, 0.29) is 12.2 Å². The molecule has 0 saturated heterocycles. The van der Waals surface area contributed by atoms with Crippen LogP contribution in [0.25, 0.3) is 0 Å². The molecule has 2 aromatic rings. The molecule has 0 amide bonds. The Kier molecular flexibility index (Phi) is 6.66. The van der Waals surface area contributed by atoms with Crippen molar-refractivity contribution in [3.63, 3.8) is 0 Å². The van der Waals surface area contributed by atoms with Gasteiger partial charge in [0.2, 0.25) is 6.79 Å². The summed E-state index contributed by atoms with van der Waals surface area (Å²) in [6.07, 6.45) is 2.62. The van der Waals surface area contributed by atoms with Crippen LogP contribution in [-0.2, 0) is 26.5 Å². The molecule has 4 nitrogen and oxygen atoms in total. The zero-order valence-electron chi connectivity index (χ0n) is 14.7. The molecule has 0 aliphatic carbocycles. The summed E-state index contributed by atoms with van der Waals surface area (Å²) >= 11 is 0. The largest absolute Gasteiger partial charge is 0.466 e. The predicted octanol–water partition coefficient (Wildman–Crippen LogP) is 5.10. The van der Waals surface area contributed by atoms with Crippen molar-refractivity contribution >= 4 is 0 Å². The highest BCUT2D eigenvalue weighted by molar-refractivity contribution is 5.40. The van der Waals surface area contributed by atoms with Gasteiger partial charge in [-0.3, -0.25) is 0 Å². The van der Waals surface area contributed by atoms with Gasteiger partial charge in [0.1, 0.15) is 18.6 Å². The molecule has 0 atom stereocenters. The van der Waals surface area contributed by atoms with Gasteiger partial charge < -0.3 is 14.4 Å². The first-order valence-electron chi connectivity index (χ1n) is 8.02. The highest BCUT2D eigenvalue weighted by Crippen LogP contribution is 2.32. The summed E-state index contributed by atoms with van der Waals surface area (Å²) in [6.45, 7) is 11.8. The molecular formula is C21H24O4. The fourth-order valence-electron chi connectivity index (χ4n) is 2.45. The molecule has 132 valence electrons. The Labute approximate surface area is 149 Å². The maximum atomic E-state index is 5.46.